The fraction of sp³-hybridized carbons (Fsp3) is 0.300. The molecule has 0 spiro atoms. The molecule has 6 nitrogen and oxygen atoms in total. The quantitative estimate of drug-likeness (QED) is 0.716. The predicted octanol–water partition coefficient (Wildman–Crippen LogP) is 1.40. The maximum atomic E-state index is 5.75. The van der Waals surface area contributed by atoms with E-state index in [0.717, 1.165) is 17.7 Å². The Bertz CT molecular complexity index is 509. The van der Waals surface area contributed by atoms with Crippen molar-refractivity contribution in [3.05, 3.63) is 28.7 Å². The molecule has 0 bridgehead atoms. The SMILES string of the molecule is Cc1c(N)n[nH]c1CCNc1nccc(Cl)n1. The highest BCUT2D eigenvalue weighted by atomic mass is 35.5. The van der Waals surface area contributed by atoms with E-state index in [0.29, 0.717) is 23.5 Å². The summed E-state index contributed by atoms with van der Waals surface area (Å²) in [6.07, 6.45) is 2.38. The summed E-state index contributed by atoms with van der Waals surface area (Å²) in [5.74, 6) is 1.06. The molecule has 4 N–H and O–H groups in total. The van der Waals surface area contributed by atoms with Gasteiger partial charge < -0.3 is 11.1 Å². The van der Waals surface area contributed by atoms with Gasteiger partial charge in [0, 0.05) is 30.4 Å². The Balaban J connectivity index is 1.90. The van der Waals surface area contributed by atoms with Crippen LogP contribution in [0.5, 0.6) is 0 Å². The number of hydrogen-bond acceptors (Lipinski definition) is 5. The normalized spacial score (nSPS) is 10.5. The molecule has 2 rings (SSSR count). The zero-order valence-corrected chi connectivity index (χ0v) is 10.1. The first-order chi connectivity index (χ1) is 8.16. The summed E-state index contributed by atoms with van der Waals surface area (Å²) in [5.41, 5.74) is 7.63. The number of hydrogen-bond donors (Lipinski definition) is 3. The van der Waals surface area contributed by atoms with Gasteiger partial charge in [0.15, 0.2) is 0 Å². The molecule has 0 aromatic carbocycles. The Morgan fingerprint density at radius 2 is 2.35 bits per heavy atom. The third-order valence-corrected chi connectivity index (χ3v) is 2.64. The van der Waals surface area contributed by atoms with Crippen molar-refractivity contribution in [1.82, 2.24) is 20.2 Å². The number of H-pyrrole nitrogens is 1. The third-order valence-electron chi connectivity index (χ3n) is 2.43. The fourth-order valence-electron chi connectivity index (χ4n) is 1.41. The van der Waals surface area contributed by atoms with Crippen LogP contribution in [0.1, 0.15) is 11.3 Å². The first-order valence-corrected chi connectivity index (χ1v) is 5.56. The molecule has 2 aromatic rings. The molecular weight excluding hydrogens is 240 g/mol. The van der Waals surface area contributed by atoms with Crippen LogP contribution in [0.3, 0.4) is 0 Å². The van der Waals surface area contributed by atoms with E-state index in [2.05, 4.69) is 25.5 Å². The monoisotopic (exact) mass is 252 g/mol. The average molecular weight is 253 g/mol. The van der Waals surface area contributed by atoms with Crippen LogP contribution in [0.2, 0.25) is 5.15 Å². The minimum atomic E-state index is 0.421. The zero-order valence-electron chi connectivity index (χ0n) is 9.37. The van der Waals surface area contributed by atoms with Crippen LogP contribution in [0, 0.1) is 6.92 Å². The minimum absolute atomic E-state index is 0.421. The van der Waals surface area contributed by atoms with Gasteiger partial charge in [0.05, 0.1) is 0 Å². The highest BCUT2D eigenvalue weighted by Crippen LogP contribution is 2.12. The Morgan fingerprint density at radius 1 is 1.53 bits per heavy atom. The number of nitrogen functional groups attached to an aromatic ring is 1. The smallest absolute Gasteiger partial charge is 0.224 e. The summed E-state index contributed by atoms with van der Waals surface area (Å²) in [6, 6.07) is 1.63. The first-order valence-electron chi connectivity index (χ1n) is 5.18. The maximum Gasteiger partial charge on any atom is 0.224 e. The van der Waals surface area contributed by atoms with E-state index < -0.39 is 0 Å². The van der Waals surface area contributed by atoms with Gasteiger partial charge in [-0.25, -0.2) is 9.97 Å². The topological polar surface area (TPSA) is 92.5 Å². The summed E-state index contributed by atoms with van der Waals surface area (Å²) < 4.78 is 0. The highest BCUT2D eigenvalue weighted by Gasteiger charge is 2.05. The van der Waals surface area contributed by atoms with Gasteiger partial charge in [0.1, 0.15) is 11.0 Å². The van der Waals surface area contributed by atoms with Gasteiger partial charge in [-0.05, 0) is 13.0 Å². The lowest BCUT2D eigenvalue weighted by Gasteiger charge is -2.03. The van der Waals surface area contributed by atoms with Crippen LogP contribution < -0.4 is 11.1 Å². The summed E-state index contributed by atoms with van der Waals surface area (Å²) in [7, 11) is 0. The van der Waals surface area contributed by atoms with Crippen LogP contribution in [-0.2, 0) is 6.42 Å². The van der Waals surface area contributed by atoms with Crippen molar-refractivity contribution in [2.45, 2.75) is 13.3 Å². The van der Waals surface area contributed by atoms with Crippen molar-refractivity contribution in [3.63, 3.8) is 0 Å². The van der Waals surface area contributed by atoms with Crippen LogP contribution in [0.4, 0.5) is 11.8 Å². The van der Waals surface area contributed by atoms with Crippen LogP contribution in [0.15, 0.2) is 12.3 Å². The van der Waals surface area contributed by atoms with E-state index in [9.17, 15) is 0 Å². The maximum absolute atomic E-state index is 5.75. The number of aromatic nitrogens is 4. The van der Waals surface area contributed by atoms with Crippen LogP contribution in [0.25, 0.3) is 0 Å². The molecule has 7 heteroatoms. The lowest BCUT2D eigenvalue weighted by molar-refractivity contribution is 0.912. The summed E-state index contributed by atoms with van der Waals surface area (Å²) in [5, 5.41) is 10.3. The van der Waals surface area contributed by atoms with Crippen molar-refractivity contribution >= 4 is 23.4 Å². The molecular formula is C10H13ClN6. The summed E-state index contributed by atoms with van der Waals surface area (Å²) >= 11 is 5.75. The number of aromatic amines is 1. The molecule has 0 saturated heterocycles. The molecule has 0 atom stereocenters. The van der Waals surface area contributed by atoms with Gasteiger partial charge in [-0.3, -0.25) is 5.10 Å². The van der Waals surface area contributed by atoms with Crippen molar-refractivity contribution < 1.29 is 0 Å². The second-order valence-electron chi connectivity index (χ2n) is 3.59. The average Bonchev–Trinajstić information content (AvgIpc) is 2.61. The lowest BCUT2D eigenvalue weighted by atomic mass is 10.2. The fourth-order valence-corrected chi connectivity index (χ4v) is 1.55. The number of nitrogens with one attached hydrogen (secondary N) is 2. The molecule has 0 fully saturated rings. The van der Waals surface area contributed by atoms with E-state index >= 15 is 0 Å². The Hall–Kier alpha value is -1.82. The van der Waals surface area contributed by atoms with Gasteiger partial charge in [0.2, 0.25) is 5.95 Å². The number of rotatable bonds is 4. The predicted molar refractivity (Wildman–Crippen MR) is 67.0 cm³/mol. The van der Waals surface area contributed by atoms with Crippen molar-refractivity contribution in [2.75, 3.05) is 17.6 Å². The van der Waals surface area contributed by atoms with E-state index in [1.54, 1.807) is 12.3 Å². The van der Waals surface area contributed by atoms with Crippen LogP contribution in [-0.4, -0.2) is 26.7 Å². The molecule has 0 aliphatic heterocycles. The van der Waals surface area contributed by atoms with E-state index in [4.69, 9.17) is 17.3 Å². The molecule has 17 heavy (non-hydrogen) atoms. The van der Waals surface area contributed by atoms with Gasteiger partial charge in [0.25, 0.3) is 0 Å². The molecule has 0 aliphatic rings. The largest absolute Gasteiger partial charge is 0.382 e. The standard InChI is InChI=1S/C10H13ClN6/c1-6-7(16-17-9(6)12)2-4-13-10-14-5-3-8(11)15-10/h3,5H,2,4H2,1H3,(H3,12,16,17)(H,13,14,15). The van der Waals surface area contributed by atoms with Gasteiger partial charge in [-0.15, -0.1) is 0 Å². The number of anilines is 2. The molecule has 0 unspecified atom stereocenters. The van der Waals surface area contributed by atoms with Gasteiger partial charge in [-0.1, -0.05) is 11.6 Å². The second-order valence-corrected chi connectivity index (χ2v) is 3.98. The Kier molecular flexibility index (Phi) is 3.43. The van der Waals surface area contributed by atoms with E-state index in [-0.39, 0.29) is 0 Å². The van der Waals surface area contributed by atoms with Gasteiger partial charge in [-0.2, -0.15) is 5.10 Å². The second kappa shape index (κ2) is 5.01. The molecule has 90 valence electrons. The molecule has 0 aliphatic carbocycles. The van der Waals surface area contributed by atoms with E-state index in [1.165, 1.54) is 0 Å². The molecule has 0 amide bonds. The molecule has 0 saturated carbocycles. The number of nitrogens with zero attached hydrogens (tertiary/aromatic N) is 3. The number of halogens is 1. The van der Waals surface area contributed by atoms with Gasteiger partial charge >= 0.3 is 0 Å². The van der Waals surface area contributed by atoms with Crippen molar-refractivity contribution in [1.29, 1.82) is 0 Å². The highest BCUT2D eigenvalue weighted by molar-refractivity contribution is 6.29. The molecule has 2 aromatic heterocycles. The zero-order chi connectivity index (χ0) is 12.3. The van der Waals surface area contributed by atoms with E-state index in [1.807, 2.05) is 6.92 Å². The first kappa shape index (κ1) is 11.7. The van der Waals surface area contributed by atoms with Crippen molar-refractivity contribution in [2.24, 2.45) is 0 Å². The molecule has 0 radical (unpaired) electrons. The summed E-state index contributed by atoms with van der Waals surface area (Å²) in [4.78, 5) is 8.07. The molecule has 2 heterocycles. The lowest BCUT2D eigenvalue weighted by Crippen LogP contribution is -2.08. The Morgan fingerprint density at radius 3 is 3.00 bits per heavy atom. The minimum Gasteiger partial charge on any atom is -0.382 e. The Labute approximate surface area is 104 Å². The summed E-state index contributed by atoms with van der Waals surface area (Å²) in [6.45, 7) is 2.62. The number of nitrogens with two attached hydrogens (primary N) is 1. The van der Waals surface area contributed by atoms with Crippen LogP contribution >= 0.6 is 11.6 Å². The van der Waals surface area contributed by atoms with Crippen molar-refractivity contribution in [3.8, 4) is 0 Å². The third kappa shape index (κ3) is 2.85.